The molecule has 1 aliphatic heterocycles. The van der Waals surface area contributed by atoms with Gasteiger partial charge in [0.05, 0.1) is 16.4 Å². The largest absolute Gasteiger partial charge is 0.361 e. The van der Waals surface area contributed by atoms with Gasteiger partial charge in [-0.15, -0.1) is 22.7 Å². The van der Waals surface area contributed by atoms with Crippen LogP contribution in [0.1, 0.15) is 23.5 Å². The van der Waals surface area contributed by atoms with Gasteiger partial charge >= 0.3 is 0 Å². The maximum Gasteiger partial charge on any atom is 0.183 e. The molecular weight excluding hydrogens is 360 g/mol. The van der Waals surface area contributed by atoms with Crippen molar-refractivity contribution in [2.45, 2.75) is 26.3 Å². The van der Waals surface area contributed by atoms with Gasteiger partial charge < -0.3 is 5.32 Å². The van der Waals surface area contributed by atoms with E-state index in [9.17, 15) is 0 Å². The minimum atomic E-state index is 0.729. The zero-order valence-corrected chi connectivity index (χ0v) is 16.7. The minimum Gasteiger partial charge on any atom is -0.361 e. The Bertz CT molecular complexity index is 819. The van der Waals surface area contributed by atoms with Gasteiger partial charge in [-0.25, -0.2) is 9.97 Å². The predicted octanol–water partition coefficient (Wildman–Crippen LogP) is 4.90. The van der Waals surface area contributed by atoms with Crippen molar-refractivity contribution in [1.29, 1.82) is 0 Å². The SMILES string of the molecule is Cc1nc(CN2CCC(CNc3nc(-c4ccccc4)cs3)CC2)cs1. The molecule has 0 radical (unpaired) electrons. The zero-order chi connectivity index (χ0) is 17.8. The number of nitrogens with one attached hydrogen (secondary N) is 1. The van der Waals surface area contributed by atoms with Crippen LogP contribution < -0.4 is 5.32 Å². The van der Waals surface area contributed by atoms with E-state index < -0.39 is 0 Å². The normalized spacial score (nSPS) is 16.0. The van der Waals surface area contributed by atoms with Crippen LogP contribution in [0.5, 0.6) is 0 Å². The van der Waals surface area contributed by atoms with Crippen molar-refractivity contribution in [2.75, 3.05) is 25.0 Å². The highest BCUT2D eigenvalue weighted by atomic mass is 32.1. The van der Waals surface area contributed by atoms with E-state index in [4.69, 9.17) is 4.98 Å². The Morgan fingerprint density at radius 2 is 1.88 bits per heavy atom. The second kappa shape index (κ2) is 8.29. The van der Waals surface area contributed by atoms with Gasteiger partial charge in [0.15, 0.2) is 5.13 Å². The van der Waals surface area contributed by atoms with E-state index in [0.29, 0.717) is 0 Å². The van der Waals surface area contributed by atoms with Gasteiger partial charge in [0.1, 0.15) is 0 Å². The maximum absolute atomic E-state index is 4.73. The first-order chi connectivity index (χ1) is 12.8. The number of hydrogen-bond acceptors (Lipinski definition) is 6. The lowest BCUT2D eigenvalue weighted by Gasteiger charge is -2.31. The Morgan fingerprint density at radius 1 is 1.08 bits per heavy atom. The molecule has 1 aliphatic rings. The number of aromatic nitrogens is 2. The summed E-state index contributed by atoms with van der Waals surface area (Å²) in [4.78, 5) is 11.8. The average molecular weight is 385 g/mol. The smallest absolute Gasteiger partial charge is 0.183 e. The summed E-state index contributed by atoms with van der Waals surface area (Å²) in [5.41, 5.74) is 3.47. The molecule has 0 bridgehead atoms. The molecule has 26 heavy (non-hydrogen) atoms. The highest BCUT2D eigenvalue weighted by Crippen LogP contribution is 2.26. The molecule has 136 valence electrons. The Balaban J connectivity index is 1.23. The second-order valence-electron chi connectivity index (χ2n) is 6.86. The molecule has 0 unspecified atom stereocenters. The second-order valence-corrected chi connectivity index (χ2v) is 8.78. The number of rotatable bonds is 6. The van der Waals surface area contributed by atoms with E-state index in [2.05, 4.69) is 57.2 Å². The van der Waals surface area contributed by atoms with Crippen molar-refractivity contribution in [1.82, 2.24) is 14.9 Å². The highest BCUT2D eigenvalue weighted by Gasteiger charge is 2.20. The molecule has 0 atom stereocenters. The average Bonchev–Trinajstić information content (AvgIpc) is 3.31. The molecular formula is C20H24N4S2. The van der Waals surface area contributed by atoms with Crippen molar-refractivity contribution < 1.29 is 0 Å². The van der Waals surface area contributed by atoms with Gasteiger partial charge in [0.25, 0.3) is 0 Å². The standard InChI is InChI=1S/C20H24N4S2/c1-15-22-18(13-25-15)12-24-9-7-16(8-10-24)11-21-20-23-19(14-26-20)17-5-3-2-4-6-17/h2-6,13-14,16H,7-12H2,1H3,(H,21,23). The molecule has 0 spiro atoms. The molecule has 1 fully saturated rings. The van der Waals surface area contributed by atoms with E-state index in [1.165, 1.54) is 24.1 Å². The molecule has 1 aromatic carbocycles. The van der Waals surface area contributed by atoms with E-state index in [1.807, 2.05) is 6.07 Å². The monoisotopic (exact) mass is 384 g/mol. The van der Waals surface area contributed by atoms with E-state index in [-0.39, 0.29) is 0 Å². The first kappa shape index (κ1) is 17.6. The third-order valence-corrected chi connectivity index (χ3v) is 6.50. The zero-order valence-electron chi connectivity index (χ0n) is 15.0. The van der Waals surface area contributed by atoms with Crippen LogP contribution in [0.4, 0.5) is 5.13 Å². The van der Waals surface area contributed by atoms with Crippen molar-refractivity contribution in [3.05, 3.63) is 51.8 Å². The topological polar surface area (TPSA) is 41.1 Å². The van der Waals surface area contributed by atoms with Crippen molar-refractivity contribution in [2.24, 2.45) is 5.92 Å². The fourth-order valence-electron chi connectivity index (χ4n) is 3.39. The van der Waals surface area contributed by atoms with Crippen LogP contribution in [0, 0.1) is 12.8 Å². The van der Waals surface area contributed by atoms with Crippen molar-refractivity contribution in [3.63, 3.8) is 0 Å². The van der Waals surface area contributed by atoms with Gasteiger partial charge in [0, 0.05) is 29.4 Å². The molecule has 2 aromatic heterocycles. The molecule has 3 aromatic rings. The molecule has 1 N–H and O–H groups in total. The summed E-state index contributed by atoms with van der Waals surface area (Å²) in [7, 11) is 0. The molecule has 1 saturated heterocycles. The van der Waals surface area contributed by atoms with Crippen molar-refractivity contribution in [3.8, 4) is 11.3 Å². The Hall–Kier alpha value is -1.76. The van der Waals surface area contributed by atoms with E-state index in [1.54, 1.807) is 22.7 Å². The first-order valence-electron chi connectivity index (χ1n) is 9.14. The number of benzene rings is 1. The van der Waals surface area contributed by atoms with E-state index in [0.717, 1.165) is 47.9 Å². The van der Waals surface area contributed by atoms with Gasteiger partial charge in [0.2, 0.25) is 0 Å². The fraction of sp³-hybridized carbons (Fsp3) is 0.400. The van der Waals surface area contributed by atoms with Crippen LogP contribution in [0.2, 0.25) is 0 Å². The molecule has 0 saturated carbocycles. The van der Waals surface area contributed by atoms with Gasteiger partial charge in [-0.1, -0.05) is 30.3 Å². The molecule has 0 aliphatic carbocycles. The van der Waals surface area contributed by atoms with Gasteiger partial charge in [-0.05, 0) is 38.8 Å². The van der Waals surface area contributed by atoms with E-state index >= 15 is 0 Å². The number of anilines is 1. The van der Waals surface area contributed by atoms with Crippen LogP contribution in [-0.2, 0) is 6.54 Å². The lowest BCUT2D eigenvalue weighted by molar-refractivity contribution is 0.181. The predicted molar refractivity (Wildman–Crippen MR) is 111 cm³/mol. The molecule has 4 rings (SSSR count). The summed E-state index contributed by atoms with van der Waals surface area (Å²) in [5, 5.41) is 10.1. The summed E-state index contributed by atoms with van der Waals surface area (Å²) in [5.74, 6) is 0.729. The minimum absolute atomic E-state index is 0.729. The summed E-state index contributed by atoms with van der Waals surface area (Å²) in [6.07, 6.45) is 2.49. The van der Waals surface area contributed by atoms with Gasteiger partial charge in [-0.3, -0.25) is 4.90 Å². The summed E-state index contributed by atoms with van der Waals surface area (Å²) in [6, 6.07) is 10.4. The van der Waals surface area contributed by atoms with Crippen molar-refractivity contribution >= 4 is 27.8 Å². The Morgan fingerprint density at radius 3 is 2.62 bits per heavy atom. The lowest BCUT2D eigenvalue weighted by Crippen LogP contribution is -2.35. The molecule has 6 heteroatoms. The number of aryl methyl sites for hydroxylation is 1. The molecule has 3 heterocycles. The number of piperidine rings is 1. The highest BCUT2D eigenvalue weighted by molar-refractivity contribution is 7.14. The van der Waals surface area contributed by atoms with Crippen LogP contribution >= 0.6 is 22.7 Å². The molecule has 4 nitrogen and oxygen atoms in total. The quantitative estimate of drug-likeness (QED) is 0.656. The number of likely N-dealkylation sites (tertiary alicyclic amines) is 1. The summed E-state index contributed by atoms with van der Waals surface area (Å²) < 4.78 is 0. The summed E-state index contributed by atoms with van der Waals surface area (Å²) >= 11 is 3.44. The Labute approximate surface area is 162 Å². The lowest BCUT2D eigenvalue weighted by atomic mass is 9.97. The number of nitrogens with zero attached hydrogens (tertiary/aromatic N) is 3. The molecule has 0 amide bonds. The third kappa shape index (κ3) is 4.50. The van der Waals surface area contributed by atoms with Gasteiger partial charge in [-0.2, -0.15) is 0 Å². The maximum atomic E-state index is 4.73. The Kier molecular flexibility index (Phi) is 5.62. The summed E-state index contributed by atoms with van der Waals surface area (Å²) in [6.45, 7) is 6.42. The van der Waals surface area contributed by atoms with Crippen LogP contribution in [0.3, 0.4) is 0 Å². The third-order valence-electron chi connectivity index (χ3n) is 4.88. The van der Waals surface area contributed by atoms with Crippen LogP contribution in [0.25, 0.3) is 11.3 Å². The van der Waals surface area contributed by atoms with Crippen LogP contribution in [-0.4, -0.2) is 34.5 Å². The van der Waals surface area contributed by atoms with Crippen LogP contribution in [0.15, 0.2) is 41.1 Å². The number of thiazole rings is 2. The number of hydrogen-bond donors (Lipinski definition) is 1. The first-order valence-corrected chi connectivity index (χ1v) is 10.9. The fourth-order valence-corrected chi connectivity index (χ4v) is 4.72.